The number of benzene rings is 2. The Hall–Kier alpha value is -3.18. The molecular formula is C14H7ClN2O8S-2. The Bertz CT molecular complexity index is 1000. The number of hydrogen-bond donors (Lipinski definition) is 1. The molecule has 2 aromatic carbocycles. The Morgan fingerprint density at radius 2 is 1.54 bits per heavy atom. The van der Waals surface area contributed by atoms with Crippen LogP contribution in [0.4, 0.5) is 11.4 Å². The van der Waals surface area contributed by atoms with Crippen molar-refractivity contribution in [3.05, 3.63) is 62.7 Å². The van der Waals surface area contributed by atoms with Crippen LogP contribution in [0.2, 0.25) is 5.02 Å². The van der Waals surface area contributed by atoms with E-state index in [2.05, 4.69) is 0 Å². The molecule has 12 heteroatoms. The summed E-state index contributed by atoms with van der Waals surface area (Å²) in [6, 6.07) is 5.10. The molecule has 2 aromatic rings. The molecule has 136 valence electrons. The fourth-order valence-electron chi connectivity index (χ4n) is 1.92. The first-order chi connectivity index (χ1) is 12.0. The van der Waals surface area contributed by atoms with Crippen molar-refractivity contribution >= 4 is 44.9 Å². The molecule has 0 saturated carbocycles. The summed E-state index contributed by atoms with van der Waals surface area (Å²) in [4.78, 5) is 31.2. The van der Waals surface area contributed by atoms with Gasteiger partial charge in [-0.1, -0.05) is 11.6 Å². The van der Waals surface area contributed by atoms with E-state index in [-0.39, 0.29) is 10.7 Å². The van der Waals surface area contributed by atoms with Crippen LogP contribution in [0.3, 0.4) is 0 Å². The minimum atomic E-state index is -4.48. The molecule has 0 saturated heterocycles. The summed E-state index contributed by atoms with van der Waals surface area (Å²) in [5, 5.41) is 32.5. The molecule has 0 amide bonds. The quantitative estimate of drug-likeness (QED) is 0.513. The number of anilines is 1. The van der Waals surface area contributed by atoms with Gasteiger partial charge in [0, 0.05) is 6.07 Å². The van der Waals surface area contributed by atoms with Gasteiger partial charge < -0.3 is 19.8 Å². The van der Waals surface area contributed by atoms with Gasteiger partial charge in [0.15, 0.2) is 0 Å². The van der Waals surface area contributed by atoms with Crippen molar-refractivity contribution in [2.45, 2.75) is 4.90 Å². The number of nitro benzene ring substituents is 1. The first-order valence-electron chi connectivity index (χ1n) is 6.56. The maximum atomic E-state index is 12.4. The highest BCUT2D eigenvalue weighted by Gasteiger charge is 2.19. The molecule has 0 heterocycles. The van der Waals surface area contributed by atoms with E-state index in [0.29, 0.717) is 18.2 Å². The van der Waals surface area contributed by atoms with Gasteiger partial charge in [-0.25, -0.2) is 8.42 Å². The van der Waals surface area contributed by atoms with Crippen LogP contribution in [0.1, 0.15) is 20.7 Å². The monoisotopic (exact) mass is 398 g/mol. The number of hydrogen-bond acceptors (Lipinski definition) is 8. The smallest absolute Gasteiger partial charge is 0.289 e. The van der Waals surface area contributed by atoms with E-state index < -0.39 is 48.6 Å². The van der Waals surface area contributed by atoms with Gasteiger partial charge in [-0.15, -0.1) is 0 Å². The number of sulfonamides is 1. The number of rotatable bonds is 6. The van der Waals surface area contributed by atoms with Crippen LogP contribution in [0.25, 0.3) is 0 Å². The lowest BCUT2D eigenvalue weighted by Crippen LogP contribution is -2.26. The lowest BCUT2D eigenvalue weighted by atomic mass is 10.1. The minimum absolute atomic E-state index is 0.226. The molecule has 0 aliphatic rings. The zero-order valence-corrected chi connectivity index (χ0v) is 14.0. The number of halogens is 1. The number of nitrogens with one attached hydrogen (secondary N) is 1. The zero-order valence-electron chi connectivity index (χ0n) is 12.5. The van der Waals surface area contributed by atoms with Gasteiger partial charge in [0.05, 0.1) is 27.4 Å². The van der Waals surface area contributed by atoms with Gasteiger partial charge in [-0.3, -0.25) is 14.8 Å². The summed E-state index contributed by atoms with van der Waals surface area (Å²) in [5.74, 6) is -3.60. The summed E-state index contributed by atoms with van der Waals surface area (Å²) in [5.41, 5.74) is -2.20. The number of carboxylic acid groups (broad SMARTS) is 2. The van der Waals surface area contributed by atoms with Crippen molar-refractivity contribution in [1.29, 1.82) is 0 Å². The molecule has 0 unspecified atom stereocenters. The summed E-state index contributed by atoms with van der Waals surface area (Å²) in [6.45, 7) is 0. The van der Waals surface area contributed by atoms with Gasteiger partial charge in [-0.05, 0) is 41.5 Å². The summed E-state index contributed by atoms with van der Waals surface area (Å²) < 4.78 is 26.7. The second kappa shape index (κ2) is 6.98. The molecular weight excluding hydrogens is 392 g/mol. The molecule has 0 atom stereocenters. The molecule has 1 N–H and O–H groups in total. The predicted molar refractivity (Wildman–Crippen MR) is 84.0 cm³/mol. The number of aromatic carboxylic acids is 2. The topological polar surface area (TPSA) is 170 Å². The zero-order chi connectivity index (χ0) is 19.6. The van der Waals surface area contributed by atoms with Gasteiger partial charge in [0.25, 0.3) is 15.7 Å². The van der Waals surface area contributed by atoms with E-state index in [4.69, 9.17) is 11.6 Å². The third-order valence-corrected chi connectivity index (χ3v) is 4.76. The van der Waals surface area contributed by atoms with Crippen LogP contribution >= 0.6 is 11.6 Å². The Labute approximate surface area is 150 Å². The Morgan fingerprint density at radius 3 is 2.00 bits per heavy atom. The maximum Gasteiger partial charge on any atom is 0.289 e. The summed E-state index contributed by atoms with van der Waals surface area (Å²) in [7, 11) is -4.48. The van der Waals surface area contributed by atoms with Crippen LogP contribution in [0, 0.1) is 10.1 Å². The number of carboxylic acids is 2. The number of carbonyl (C=O) groups is 2. The van der Waals surface area contributed by atoms with Crippen LogP contribution in [0.15, 0.2) is 41.3 Å². The molecule has 0 spiro atoms. The lowest BCUT2D eigenvalue weighted by Gasteiger charge is -2.13. The Kier molecular flexibility index (Phi) is 5.14. The fraction of sp³-hybridized carbons (Fsp3) is 0. The van der Waals surface area contributed by atoms with E-state index in [9.17, 15) is 38.3 Å². The first kappa shape index (κ1) is 19.1. The number of carbonyl (C=O) groups excluding carboxylic acids is 2. The molecule has 0 bridgehead atoms. The number of nitrogens with zero attached hydrogens (tertiary/aromatic N) is 1. The summed E-state index contributed by atoms with van der Waals surface area (Å²) in [6.07, 6.45) is 0. The third-order valence-electron chi connectivity index (χ3n) is 3.08. The van der Waals surface area contributed by atoms with E-state index in [1.807, 2.05) is 4.72 Å². The average Bonchev–Trinajstić information content (AvgIpc) is 2.55. The molecule has 10 nitrogen and oxygen atoms in total. The molecule has 0 fully saturated rings. The van der Waals surface area contributed by atoms with Crippen molar-refractivity contribution in [2.75, 3.05) is 4.72 Å². The Balaban J connectivity index is 2.51. The van der Waals surface area contributed by atoms with Gasteiger partial charge in [0.2, 0.25) is 0 Å². The molecule has 0 aliphatic carbocycles. The van der Waals surface area contributed by atoms with E-state index in [1.54, 1.807) is 0 Å². The molecule has 0 aromatic heterocycles. The van der Waals surface area contributed by atoms with Crippen molar-refractivity contribution in [3.8, 4) is 0 Å². The first-order valence-corrected chi connectivity index (χ1v) is 8.42. The maximum absolute atomic E-state index is 12.4. The standard InChI is InChI=1S/C14H9ClN2O8S/c15-11-2-1-9(6-12(11)17(22)23)16-26(24,25)10-4-7(13(18)19)3-8(5-10)14(20)21/h1-6,16H,(H,18,19)(H,20,21)/p-2. The Morgan fingerprint density at radius 1 is 1.00 bits per heavy atom. The highest BCUT2D eigenvalue weighted by atomic mass is 35.5. The van der Waals surface area contributed by atoms with Crippen molar-refractivity contribution < 1.29 is 33.1 Å². The van der Waals surface area contributed by atoms with E-state index >= 15 is 0 Å². The van der Waals surface area contributed by atoms with Crippen LogP contribution in [-0.2, 0) is 10.0 Å². The van der Waals surface area contributed by atoms with Crippen LogP contribution in [-0.4, -0.2) is 25.3 Å². The second-order valence-electron chi connectivity index (χ2n) is 4.85. The largest absolute Gasteiger partial charge is 0.545 e. The fourth-order valence-corrected chi connectivity index (χ4v) is 3.23. The minimum Gasteiger partial charge on any atom is -0.545 e. The highest BCUT2D eigenvalue weighted by Crippen LogP contribution is 2.28. The van der Waals surface area contributed by atoms with Crippen LogP contribution in [0.5, 0.6) is 0 Å². The molecule has 26 heavy (non-hydrogen) atoms. The summed E-state index contributed by atoms with van der Waals surface area (Å²) >= 11 is 5.63. The predicted octanol–water partition coefficient (Wildman–Crippen LogP) is -0.224. The lowest BCUT2D eigenvalue weighted by molar-refractivity contribution is -0.384. The van der Waals surface area contributed by atoms with Gasteiger partial charge >= 0.3 is 0 Å². The van der Waals surface area contributed by atoms with Crippen molar-refractivity contribution in [2.24, 2.45) is 0 Å². The van der Waals surface area contributed by atoms with Crippen LogP contribution < -0.4 is 14.9 Å². The SMILES string of the molecule is O=C([O-])c1cc(C(=O)[O-])cc(S(=O)(=O)Nc2ccc(Cl)c([N+](=O)[O-])c2)c1. The molecule has 0 aliphatic heterocycles. The van der Waals surface area contributed by atoms with Crippen molar-refractivity contribution in [3.63, 3.8) is 0 Å². The second-order valence-corrected chi connectivity index (χ2v) is 6.94. The van der Waals surface area contributed by atoms with Crippen molar-refractivity contribution in [1.82, 2.24) is 0 Å². The normalized spacial score (nSPS) is 11.0. The van der Waals surface area contributed by atoms with E-state index in [1.165, 1.54) is 0 Å². The van der Waals surface area contributed by atoms with Gasteiger partial charge in [0.1, 0.15) is 5.02 Å². The molecule has 0 radical (unpaired) electrons. The number of nitro groups is 1. The van der Waals surface area contributed by atoms with E-state index in [0.717, 1.165) is 18.2 Å². The highest BCUT2D eigenvalue weighted by molar-refractivity contribution is 7.92. The average molecular weight is 399 g/mol. The molecule has 2 rings (SSSR count). The third kappa shape index (κ3) is 4.07. The van der Waals surface area contributed by atoms with Gasteiger partial charge in [-0.2, -0.15) is 0 Å².